The fourth-order valence-corrected chi connectivity index (χ4v) is 1.41. The Morgan fingerprint density at radius 3 is 2.20 bits per heavy atom. The quantitative estimate of drug-likeness (QED) is 0.797. The summed E-state index contributed by atoms with van der Waals surface area (Å²) in [7, 11) is 4.17. The van der Waals surface area contributed by atoms with Crippen LogP contribution in [0.15, 0.2) is 24.3 Å². The molecular weight excluding hydrogens is 184 g/mol. The third-order valence-electron chi connectivity index (χ3n) is 2.47. The van der Waals surface area contributed by atoms with Crippen molar-refractivity contribution in [2.24, 2.45) is 0 Å². The summed E-state index contributed by atoms with van der Waals surface area (Å²) in [5.74, 6) is 0.612. The lowest BCUT2D eigenvalue weighted by Gasteiger charge is -2.12. The molecule has 1 rings (SSSR count). The molecule has 0 spiro atoms. The Morgan fingerprint density at radius 2 is 1.73 bits per heavy atom. The summed E-state index contributed by atoms with van der Waals surface area (Å²) < 4.78 is 0. The Morgan fingerprint density at radius 1 is 1.13 bits per heavy atom. The van der Waals surface area contributed by atoms with Gasteiger partial charge in [0, 0.05) is 18.8 Å². The van der Waals surface area contributed by atoms with Crippen LogP contribution in [0, 0.1) is 0 Å². The minimum Gasteiger partial charge on any atom is -0.384 e. The zero-order valence-corrected chi connectivity index (χ0v) is 10.2. The number of hydrogen-bond donors (Lipinski definition) is 1. The topological polar surface area (TPSA) is 15.3 Å². The van der Waals surface area contributed by atoms with Gasteiger partial charge in [-0.05, 0) is 37.7 Å². The highest BCUT2D eigenvalue weighted by Crippen LogP contribution is 2.16. The molecule has 0 heterocycles. The number of rotatable bonds is 5. The smallest absolute Gasteiger partial charge is 0.0340 e. The molecule has 0 aromatic heterocycles. The van der Waals surface area contributed by atoms with E-state index in [1.807, 2.05) is 0 Å². The van der Waals surface area contributed by atoms with Crippen LogP contribution in [-0.4, -0.2) is 32.1 Å². The monoisotopic (exact) mass is 206 g/mol. The van der Waals surface area contributed by atoms with E-state index in [2.05, 4.69) is 62.4 Å². The molecule has 0 aliphatic heterocycles. The van der Waals surface area contributed by atoms with Crippen molar-refractivity contribution >= 4 is 5.69 Å². The second-order valence-corrected chi connectivity index (χ2v) is 4.51. The maximum atomic E-state index is 3.40. The first-order valence-corrected chi connectivity index (χ1v) is 5.58. The number of anilines is 1. The van der Waals surface area contributed by atoms with Crippen molar-refractivity contribution < 1.29 is 0 Å². The number of benzene rings is 1. The van der Waals surface area contributed by atoms with Crippen LogP contribution in [0.2, 0.25) is 0 Å². The lowest BCUT2D eigenvalue weighted by molar-refractivity contribution is 0.425. The van der Waals surface area contributed by atoms with Crippen LogP contribution in [0.3, 0.4) is 0 Å². The van der Waals surface area contributed by atoms with E-state index in [-0.39, 0.29) is 0 Å². The van der Waals surface area contributed by atoms with E-state index >= 15 is 0 Å². The molecule has 0 aliphatic carbocycles. The van der Waals surface area contributed by atoms with Crippen molar-refractivity contribution in [1.82, 2.24) is 4.90 Å². The van der Waals surface area contributed by atoms with Gasteiger partial charge in [0.1, 0.15) is 0 Å². The van der Waals surface area contributed by atoms with E-state index in [1.165, 1.54) is 11.3 Å². The molecule has 2 nitrogen and oxygen atoms in total. The number of likely N-dealkylation sites (N-methyl/N-ethyl adjacent to an activating group) is 1. The lowest BCUT2D eigenvalue weighted by Crippen LogP contribution is -2.20. The summed E-state index contributed by atoms with van der Waals surface area (Å²) in [6.45, 7) is 6.49. The van der Waals surface area contributed by atoms with Crippen molar-refractivity contribution in [3.8, 4) is 0 Å². The van der Waals surface area contributed by atoms with Crippen LogP contribution in [-0.2, 0) is 0 Å². The van der Waals surface area contributed by atoms with Crippen LogP contribution >= 0.6 is 0 Å². The van der Waals surface area contributed by atoms with E-state index in [1.54, 1.807) is 0 Å². The Kier molecular flexibility index (Phi) is 4.63. The van der Waals surface area contributed by atoms with Gasteiger partial charge in [-0.3, -0.25) is 0 Å². The van der Waals surface area contributed by atoms with Crippen LogP contribution in [0.5, 0.6) is 0 Å². The molecule has 2 heteroatoms. The Labute approximate surface area is 93.3 Å². The summed E-state index contributed by atoms with van der Waals surface area (Å²) >= 11 is 0. The van der Waals surface area contributed by atoms with E-state index < -0.39 is 0 Å². The van der Waals surface area contributed by atoms with Crippen molar-refractivity contribution in [2.45, 2.75) is 19.8 Å². The first kappa shape index (κ1) is 12.1. The zero-order chi connectivity index (χ0) is 11.3. The molecule has 1 aromatic rings. The molecule has 0 amide bonds. The van der Waals surface area contributed by atoms with Crippen LogP contribution in [0.1, 0.15) is 25.3 Å². The summed E-state index contributed by atoms with van der Waals surface area (Å²) in [6, 6.07) is 8.71. The molecule has 0 radical (unpaired) electrons. The highest BCUT2D eigenvalue weighted by molar-refractivity contribution is 5.45. The summed E-state index contributed by atoms with van der Waals surface area (Å²) in [4.78, 5) is 2.18. The van der Waals surface area contributed by atoms with Crippen molar-refractivity contribution in [3.05, 3.63) is 29.8 Å². The molecule has 0 atom stereocenters. The van der Waals surface area contributed by atoms with Crippen molar-refractivity contribution in [3.63, 3.8) is 0 Å². The van der Waals surface area contributed by atoms with Crippen molar-refractivity contribution in [2.75, 3.05) is 32.5 Å². The Hall–Kier alpha value is -1.02. The average Bonchev–Trinajstić information content (AvgIpc) is 2.18. The first-order chi connectivity index (χ1) is 7.09. The first-order valence-electron chi connectivity index (χ1n) is 5.58. The van der Waals surface area contributed by atoms with Gasteiger partial charge in [-0.15, -0.1) is 0 Å². The molecule has 0 saturated heterocycles. The van der Waals surface area contributed by atoms with Gasteiger partial charge in [0.25, 0.3) is 0 Å². The highest BCUT2D eigenvalue weighted by Gasteiger charge is 1.98. The minimum absolute atomic E-state index is 0.612. The van der Waals surface area contributed by atoms with Gasteiger partial charge < -0.3 is 10.2 Å². The van der Waals surface area contributed by atoms with Crippen molar-refractivity contribution in [1.29, 1.82) is 0 Å². The Bertz CT molecular complexity index is 275. The fraction of sp³-hybridized carbons (Fsp3) is 0.538. The molecule has 84 valence electrons. The zero-order valence-electron chi connectivity index (χ0n) is 10.2. The second-order valence-electron chi connectivity index (χ2n) is 4.51. The van der Waals surface area contributed by atoms with Gasteiger partial charge in [0.2, 0.25) is 0 Å². The summed E-state index contributed by atoms with van der Waals surface area (Å²) in [5.41, 5.74) is 2.61. The van der Waals surface area contributed by atoms with Gasteiger partial charge in [-0.2, -0.15) is 0 Å². The third-order valence-corrected chi connectivity index (χ3v) is 2.47. The third kappa shape index (κ3) is 4.34. The molecule has 1 aromatic carbocycles. The molecule has 0 saturated carbocycles. The fourth-order valence-electron chi connectivity index (χ4n) is 1.41. The van der Waals surface area contributed by atoms with Gasteiger partial charge in [-0.1, -0.05) is 26.0 Å². The molecule has 1 N–H and O–H groups in total. The number of nitrogens with zero attached hydrogens (tertiary/aromatic N) is 1. The predicted octanol–water partition coefficient (Wildman–Crippen LogP) is 2.78. The maximum Gasteiger partial charge on any atom is 0.0340 e. The SMILES string of the molecule is CC(C)c1ccc(NCCN(C)C)cc1. The second kappa shape index (κ2) is 5.76. The standard InChI is InChI=1S/C13H22N2/c1-11(2)12-5-7-13(8-6-12)14-9-10-15(3)4/h5-8,11,14H,9-10H2,1-4H3. The molecule has 15 heavy (non-hydrogen) atoms. The number of hydrogen-bond acceptors (Lipinski definition) is 2. The minimum atomic E-state index is 0.612. The molecular formula is C13H22N2. The van der Waals surface area contributed by atoms with E-state index in [4.69, 9.17) is 0 Å². The van der Waals surface area contributed by atoms with Gasteiger partial charge in [0.05, 0.1) is 0 Å². The van der Waals surface area contributed by atoms with E-state index in [0.29, 0.717) is 5.92 Å². The van der Waals surface area contributed by atoms with Gasteiger partial charge >= 0.3 is 0 Å². The molecule has 0 aliphatic rings. The summed E-state index contributed by atoms with van der Waals surface area (Å²) in [6.07, 6.45) is 0. The van der Waals surface area contributed by atoms with E-state index in [9.17, 15) is 0 Å². The highest BCUT2D eigenvalue weighted by atomic mass is 15.1. The van der Waals surface area contributed by atoms with Crippen LogP contribution in [0.4, 0.5) is 5.69 Å². The van der Waals surface area contributed by atoms with E-state index in [0.717, 1.165) is 13.1 Å². The normalized spacial score (nSPS) is 11.1. The van der Waals surface area contributed by atoms with Crippen LogP contribution in [0.25, 0.3) is 0 Å². The maximum absolute atomic E-state index is 3.40. The predicted molar refractivity (Wildman–Crippen MR) is 67.6 cm³/mol. The molecule has 0 fully saturated rings. The van der Waals surface area contributed by atoms with Gasteiger partial charge in [-0.25, -0.2) is 0 Å². The lowest BCUT2D eigenvalue weighted by atomic mass is 10.0. The van der Waals surface area contributed by atoms with Gasteiger partial charge in [0.15, 0.2) is 0 Å². The molecule has 0 unspecified atom stereocenters. The molecule has 0 bridgehead atoms. The average molecular weight is 206 g/mol. The largest absolute Gasteiger partial charge is 0.384 e. The number of nitrogens with one attached hydrogen (secondary N) is 1. The Balaban J connectivity index is 2.43. The van der Waals surface area contributed by atoms with Crippen LogP contribution < -0.4 is 5.32 Å². The summed E-state index contributed by atoms with van der Waals surface area (Å²) in [5, 5.41) is 3.40.